The lowest BCUT2D eigenvalue weighted by Crippen LogP contribution is -2.18. The van der Waals surface area contributed by atoms with Gasteiger partial charge in [-0.05, 0) is 6.07 Å². The molecule has 0 radical (unpaired) electrons. The predicted octanol–water partition coefficient (Wildman–Crippen LogP) is 1.27. The maximum Gasteiger partial charge on any atom is 0.574 e. The first-order chi connectivity index (χ1) is 5.90. The Balaban J connectivity index is 2.96. The zero-order valence-electron chi connectivity index (χ0n) is 6.17. The molecule has 1 heterocycles. The van der Waals surface area contributed by atoms with Crippen LogP contribution in [0.25, 0.3) is 0 Å². The molecule has 0 aliphatic carbocycles. The van der Waals surface area contributed by atoms with Crippen molar-refractivity contribution in [3.05, 3.63) is 12.3 Å². The molecule has 0 fully saturated rings. The van der Waals surface area contributed by atoms with Crippen LogP contribution in [0.2, 0.25) is 0 Å². The van der Waals surface area contributed by atoms with Gasteiger partial charge in [0.15, 0.2) is 0 Å². The van der Waals surface area contributed by atoms with Crippen molar-refractivity contribution >= 4 is 5.69 Å². The molecule has 1 rings (SSSR count). The Kier molecular flexibility index (Phi) is 2.18. The summed E-state index contributed by atoms with van der Waals surface area (Å²) in [6.45, 7) is 0. The highest BCUT2D eigenvalue weighted by Gasteiger charge is 2.33. The second kappa shape index (κ2) is 3.00. The summed E-state index contributed by atoms with van der Waals surface area (Å²) in [7, 11) is 0. The Morgan fingerprint density at radius 3 is 2.62 bits per heavy atom. The van der Waals surface area contributed by atoms with Gasteiger partial charge in [-0.2, -0.15) is 0 Å². The minimum atomic E-state index is -4.89. The third-order valence-electron chi connectivity index (χ3n) is 1.13. The first-order valence-corrected chi connectivity index (χ1v) is 3.09. The number of halogens is 3. The van der Waals surface area contributed by atoms with Crippen molar-refractivity contribution < 1.29 is 23.0 Å². The van der Waals surface area contributed by atoms with Gasteiger partial charge in [0.1, 0.15) is 0 Å². The average Bonchev–Trinajstić information content (AvgIpc) is 1.96. The van der Waals surface area contributed by atoms with Crippen LogP contribution in [0.3, 0.4) is 0 Å². The number of pyridine rings is 1. The smallest absolute Gasteiger partial charge is 0.502 e. The Morgan fingerprint density at radius 1 is 1.46 bits per heavy atom. The highest BCUT2D eigenvalue weighted by molar-refractivity contribution is 5.55. The van der Waals surface area contributed by atoms with E-state index in [0.717, 1.165) is 12.3 Å². The first-order valence-electron chi connectivity index (χ1n) is 3.09. The van der Waals surface area contributed by atoms with Crippen molar-refractivity contribution in [2.75, 3.05) is 5.73 Å². The van der Waals surface area contributed by atoms with E-state index in [1.165, 1.54) is 0 Å². The van der Waals surface area contributed by atoms with Gasteiger partial charge in [-0.15, -0.1) is 13.2 Å². The van der Waals surface area contributed by atoms with E-state index in [1.54, 1.807) is 0 Å². The van der Waals surface area contributed by atoms with Crippen molar-refractivity contribution in [2.45, 2.75) is 6.36 Å². The number of hydrogen-bond acceptors (Lipinski definition) is 4. The number of nitrogens with zero attached hydrogens (tertiary/aromatic N) is 1. The summed E-state index contributed by atoms with van der Waals surface area (Å²) in [4.78, 5) is 3.15. The van der Waals surface area contributed by atoms with Crippen LogP contribution in [0.1, 0.15) is 0 Å². The molecule has 1 aromatic heterocycles. The van der Waals surface area contributed by atoms with Crippen molar-refractivity contribution in [3.8, 4) is 11.6 Å². The molecular weight excluding hydrogens is 189 g/mol. The van der Waals surface area contributed by atoms with Gasteiger partial charge in [0, 0.05) is 6.20 Å². The van der Waals surface area contributed by atoms with Crippen molar-refractivity contribution in [1.29, 1.82) is 0 Å². The van der Waals surface area contributed by atoms with E-state index in [2.05, 4.69) is 9.72 Å². The van der Waals surface area contributed by atoms with Crippen LogP contribution in [0.5, 0.6) is 11.6 Å². The van der Waals surface area contributed by atoms with Gasteiger partial charge >= 0.3 is 6.36 Å². The van der Waals surface area contributed by atoms with Gasteiger partial charge < -0.3 is 15.6 Å². The van der Waals surface area contributed by atoms with Crippen LogP contribution in [-0.2, 0) is 0 Å². The van der Waals surface area contributed by atoms with Crippen molar-refractivity contribution in [3.63, 3.8) is 0 Å². The number of nitrogens with two attached hydrogens (primary N) is 1. The summed E-state index contributed by atoms with van der Waals surface area (Å²) >= 11 is 0. The molecule has 1 aromatic rings. The monoisotopic (exact) mass is 194 g/mol. The zero-order chi connectivity index (χ0) is 10.1. The molecule has 0 saturated carbocycles. The minimum absolute atomic E-state index is 0.228. The molecule has 7 heteroatoms. The number of aromatic hydroxyl groups is 1. The topological polar surface area (TPSA) is 68.4 Å². The number of hydrogen-bond donors (Lipinski definition) is 2. The highest BCUT2D eigenvalue weighted by Crippen LogP contribution is 2.32. The number of ether oxygens (including phenoxy) is 1. The van der Waals surface area contributed by atoms with Gasteiger partial charge in [0.05, 0.1) is 5.69 Å². The number of nitrogen functional groups attached to an aromatic ring is 1. The summed E-state index contributed by atoms with van der Waals surface area (Å²) in [6, 6.07) is 1.15. The lowest BCUT2D eigenvalue weighted by Gasteiger charge is -2.09. The molecule has 0 aromatic carbocycles. The molecule has 72 valence electrons. The van der Waals surface area contributed by atoms with Crippen LogP contribution in [-0.4, -0.2) is 16.5 Å². The fraction of sp³-hybridized carbons (Fsp3) is 0.167. The lowest BCUT2D eigenvalue weighted by atomic mass is 10.4. The van der Waals surface area contributed by atoms with Crippen molar-refractivity contribution in [2.24, 2.45) is 0 Å². The molecule has 4 nitrogen and oxygen atoms in total. The zero-order valence-corrected chi connectivity index (χ0v) is 6.17. The van der Waals surface area contributed by atoms with Gasteiger partial charge in [-0.1, -0.05) is 0 Å². The predicted molar refractivity (Wildman–Crippen MR) is 37.0 cm³/mol. The van der Waals surface area contributed by atoms with Gasteiger partial charge in [0.2, 0.25) is 5.75 Å². The Bertz CT molecular complexity index is 313. The van der Waals surface area contributed by atoms with Crippen LogP contribution in [0, 0.1) is 0 Å². The van der Waals surface area contributed by atoms with Crippen LogP contribution >= 0.6 is 0 Å². The molecule has 0 spiro atoms. The molecule has 0 saturated heterocycles. The molecule has 13 heavy (non-hydrogen) atoms. The van der Waals surface area contributed by atoms with E-state index >= 15 is 0 Å². The van der Waals surface area contributed by atoms with Crippen molar-refractivity contribution in [1.82, 2.24) is 4.98 Å². The van der Waals surface area contributed by atoms with Crippen LogP contribution in [0.15, 0.2) is 12.3 Å². The number of alkyl halides is 3. The van der Waals surface area contributed by atoms with E-state index in [1.807, 2.05) is 0 Å². The standard InChI is InChI=1S/C6H5F3N2O2/c7-6(8,9)13-5-4(12)3(10)1-2-11-5/h1-2,12H,(H2,10,11). The molecule has 0 aliphatic heterocycles. The molecular formula is C6H5F3N2O2. The molecule has 0 amide bonds. The largest absolute Gasteiger partial charge is 0.574 e. The second-order valence-corrected chi connectivity index (χ2v) is 2.10. The maximum atomic E-state index is 11.6. The molecule has 0 atom stereocenters. The Morgan fingerprint density at radius 2 is 2.08 bits per heavy atom. The number of anilines is 1. The Hall–Kier alpha value is -1.66. The summed E-state index contributed by atoms with van der Waals surface area (Å²) in [5, 5.41) is 8.95. The van der Waals surface area contributed by atoms with Gasteiger partial charge in [-0.3, -0.25) is 0 Å². The summed E-state index contributed by atoms with van der Waals surface area (Å²) in [5.74, 6) is -1.77. The van der Waals surface area contributed by atoms with Crippen LogP contribution in [0.4, 0.5) is 18.9 Å². The average molecular weight is 194 g/mol. The van der Waals surface area contributed by atoms with Gasteiger partial charge in [0.25, 0.3) is 5.88 Å². The maximum absolute atomic E-state index is 11.6. The summed E-state index contributed by atoms with van der Waals surface area (Å²) in [6.07, 6.45) is -3.89. The SMILES string of the molecule is Nc1ccnc(OC(F)(F)F)c1O. The minimum Gasteiger partial charge on any atom is -0.502 e. The van der Waals surface area contributed by atoms with E-state index in [-0.39, 0.29) is 5.69 Å². The Labute approximate surface area is 70.8 Å². The van der Waals surface area contributed by atoms with E-state index in [0.29, 0.717) is 0 Å². The van der Waals surface area contributed by atoms with Gasteiger partial charge in [-0.25, -0.2) is 4.98 Å². The quantitative estimate of drug-likeness (QED) is 0.706. The molecule has 0 aliphatic rings. The third kappa shape index (κ3) is 2.39. The fourth-order valence-electron chi connectivity index (χ4n) is 0.633. The number of aromatic nitrogens is 1. The molecule has 0 unspecified atom stereocenters. The molecule has 0 bridgehead atoms. The second-order valence-electron chi connectivity index (χ2n) is 2.10. The normalized spacial score (nSPS) is 11.3. The summed E-state index contributed by atoms with van der Waals surface area (Å²) in [5.41, 5.74) is 4.87. The first kappa shape index (κ1) is 9.43. The van der Waals surface area contributed by atoms with E-state index in [4.69, 9.17) is 10.8 Å². The molecule has 3 N–H and O–H groups in total. The van der Waals surface area contributed by atoms with E-state index in [9.17, 15) is 13.2 Å². The highest BCUT2D eigenvalue weighted by atomic mass is 19.4. The van der Waals surface area contributed by atoms with Crippen LogP contribution < -0.4 is 10.5 Å². The third-order valence-corrected chi connectivity index (χ3v) is 1.13. The van der Waals surface area contributed by atoms with E-state index < -0.39 is 18.0 Å². The summed E-state index contributed by atoms with van der Waals surface area (Å²) < 4.78 is 38.3. The lowest BCUT2D eigenvalue weighted by molar-refractivity contribution is -0.276. The number of rotatable bonds is 1. The fourth-order valence-corrected chi connectivity index (χ4v) is 0.633.